The quantitative estimate of drug-likeness (QED) is 0.834. The van der Waals surface area contributed by atoms with Crippen LogP contribution in [0.25, 0.3) is 0 Å². The summed E-state index contributed by atoms with van der Waals surface area (Å²) < 4.78 is 0. The number of nitrogen functional groups attached to an aromatic ring is 1. The highest BCUT2D eigenvalue weighted by Crippen LogP contribution is 2.17. The minimum absolute atomic E-state index is 0.0763. The second-order valence-corrected chi connectivity index (χ2v) is 5.23. The van der Waals surface area contributed by atoms with Crippen molar-refractivity contribution < 1.29 is 4.79 Å². The topological polar surface area (TPSA) is 55.1 Å². The first-order chi connectivity index (χ1) is 8.59. The van der Waals surface area contributed by atoms with Gasteiger partial charge in [0.1, 0.15) is 0 Å². The molecule has 2 aromatic rings. The highest BCUT2D eigenvalue weighted by atomic mass is 32.1. The Kier molecular flexibility index (Phi) is 3.67. The lowest BCUT2D eigenvalue weighted by Crippen LogP contribution is -2.23. The number of amides is 1. The molecular formula is C14H16N2OS. The minimum Gasteiger partial charge on any atom is -0.398 e. The van der Waals surface area contributed by atoms with Gasteiger partial charge in [0, 0.05) is 16.1 Å². The molecule has 0 unspecified atom stereocenters. The third-order valence-corrected chi connectivity index (χ3v) is 4.02. The number of carbonyl (C=O) groups is 1. The molecule has 0 saturated heterocycles. The van der Waals surface area contributed by atoms with E-state index >= 15 is 0 Å². The van der Waals surface area contributed by atoms with Crippen LogP contribution in [0.3, 0.4) is 0 Å². The van der Waals surface area contributed by atoms with E-state index in [1.165, 1.54) is 10.4 Å². The van der Waals surface area contributed by atoms with Crippen LogP contribution in [-0.4, -0.2) is 5.91 Å². The normalized spacial score (nSPS) is 10.3. The minimum atomic E-state index is -0.0763. The number of hydrogen-bond acceptors (Lipinski definition) is 3. The Labute approximate surface area is 111 Å². The van der Waals surface area contributed by atoms with Gasteiger partial charge in [-0.1, -0.05) is 6.07 Å². The summed E-state index contributed by atoms with van der Waals surface area (Å²) in [6, 6.07) is 7.45. The van der Waals surface area contributed by atoms with E-state index in [2.05, 4.69) is 11.4 Å². The van der Waals surface area contributed by atoms with Crippen molar-refractivity contribution in [2.24, 2.45) is 0 Å². The van der Waals surface area contributed by atoms with Gasteiger partial charge in [-0.05, 0) is 48.6 Å². The summed E-state index contributed by atoms with van der Waals surface area (Å²) in [5.74, 6) is -0.0763. The molecule has 2 rings (SSSR count). The van der Waals surface area contributed by atoms with Gasteiger partial charge in [0.15, 0.2) is 0 Å². The fraction of sp³-hybridized carbons (Fsp3) is 0.214. The maximum absolute atomic E-state index is 12.1. The maximum Gasteiger partial charge on any atom is 0.251 e. The van der Waals surface area contributed by atoms with Crippen LogP contribution in [0.2, 0.25) is 0 Å². The zero-order valence-electron chi connectivity index (χ0n) is 10.5. The lowest BCUT2D eigenvalue weighted by molar-refractivity contribution is 0.0950. The van der Waals surface area contributed by atoms with Crippen molar-refractivity contribution in [3.8, 4) is 0 Å². The Hall–Kier alpha value is -1.81. The molecule has 3 nitrogen and oxygen atoms in total. The molecule has 1 amide bonds. The summed E-state index contributed by atoms with van der Waals surface area (Å²) in [4.78, 5) is 13.2. The number of anilines is 1. The molecule has 3 N–H and O–H groups in total. The van der Waals surface area contributed by atoms with Gasteiger partial charge in [0.2, 0.25) is 0 Å². The predicted molar refractivity (Wildman–Crippen MR) is 75.8 cm³/mol. The first-order valence-electron chi connectivity index (χ1n) is 5.76. The molecule has 94 valence electrons. The molecule has 0 spiro atoms. The van der Waals surface area contributed by atoms with Gasteiger partial charge < -0.3 is 11.1 Å². The molecule has 0 fully saturated rings. The average molecular weight is 260 g/mol. The van der Waals surface area contributed by atoms with Crippen LogP contribution >= 0.6 is 11.3 Å². The molecule has 18 heavy (non-hydrogen) atoms. The molecule has 0 aliphatic heterocycles. The fourth-order valence-corrected chi connectivity index (χ4v) is 2.59. The highest BCUT2D eigenvalue weighted by molar-refractivity contribution is 7.10. The van der Waals surface area contributed by atoms with Crippen molar-refractivity contribution in [1.29, 1.82) is 0 Å². The summed E-state index contributed by atoms with van der Waals surface area (Å²) in [7, 11) is 0. The number of rotatable bonds is 3. The van der Waals surface area contributed by atoms with E-state index in [1.54, 1.807) is 29.5 Å². The molecule has 0 radical (unpaired) electrons. The van der Waals surface area contributed by atoms with Crippen molar-refractivity contribution in [2.45, 2.75) is 20.4 Å². The van der Waals surface area contributed by atoms with E-state index < -0.39 is 0 Å². The second kappa shape index (κ2) is 5.23. The van der Waals surface area contributed by atoms with Crippen molar-refractivity contribution in [3.05, 3.63) is 51.2 Å². The van der Waals surface area contributed by atoms with Crippen LogP contribution in [-0.2, 0) is 6.54 Å². The number of hydrogen-bond donors (Lipinski definition) is 2. The summed E-state index contributed by atoms with van der Waals surface area (Å²) in [6.07, 6.45) is 0. The summed E-state index contributed by atoms with van der Waals surface area (Å²) in [5.41, 5.74) is 9.13. The second-order valence-electron chi connectivity index (χ2n) is 4.23. The number of nitrogens with two attached hydrogens (primary N) is 1. The number of aryl methyl sites for hydroxylation is 1. The summed E-state index contributed by atoms with van der Waals surface area (Å²) >= 11 is 1.65. The Morgan fingerprint density at radius 2 is 2.11 bits per heavy atom. The van der Waals surface area contributed by atoms with Crippen LogP contribution in [0.4, 0.5) is 5.69 Å². The molecule has 0 aliphatic carbocycles. The Morgan fingerprint density at radius 3 is 2.78 bits per heavy atom. The van der Waals surface area contributed by atoms with Gasteiger partial charge in [-0.15, -0.1) is 11.3 Å². The van der Waals surface area contributed by atoms with Crippen LogP contribution in [0.5, 0.6) is 0 Å². The van der Waals surface area contributed by atoms with Crippen molar-refractivity contribution in [1.82, 2.24) is 5.32 Å². The van der Waals surface area contributed by atoms with Crippen LogP contribution in [0, 0.1) is 13.8 Å². The maximum atomic E-state index is 12.1. The molecule has 0 saturated carbocycles. The Bertz CT molecular complexity index is 575. The van der Waals surface area contributed by atoms with Crippen LogP contribution < -0.4 is 11.1 Å². The third-order valence-electron chi connectivity index (χ3n) is 3.00. The number of nitrogens with one attached hydrogen (secondary N) is 1. The molecule has 1 aromatic carbocycles. The van der Waals surface area contributed by atoms with Gasteiger partial charge in [0.05, 0.1) is 6.54 Å². The van der Waals surface area contributed by atoms with E-state index in [-0.39, 0.29) is 5.91 Å². The third kappa shape index (κ3) is 2.54. The average Bonchev–Trinajstić information content (AvgIpc) is 2.75. The molecule has 1 heterocycles. The van der Waals surface area contributed by atoms with E-state index in [9.17, 15) is 4.79 Å². The van der Waals surface area contributed by atoms with Gasteiger partial charge in [-0.25, -0.2) is 0 Å². The smallest absolute Gasteiger partial charge is 0.251 e. The van der Waals surface area contributed by atoms with Crippen LogP contribution in [0.1, 0.15) is 26.4 Å². The molecular weight excluding hydrogens is 244 g/mol. The fourth-order valence-electron chi connectivity index (χ4n) is 1.74. The highest BCUT2D eigenvalue weighted by Gasteiger charge is 2.10. The van der Waals surface area contributed by atoms with Gasteiger partial charge in [0.25, 0.3) is 5.91 Å². The van der Waals surface area contributed by atoms with Crippen molar-refractivity contribution in [3.63, 3.8) is 0 Å². The van der Waals surface area contributed by atoms with Gasteiger partial charge in [-0.3, -0.25) is 4.79 Å². The predicted octanol–water partition coefficient (Wildman–Crippen LogP) is 2.88. The largest absolute Gasteiger partial charge is 0.398 e. The standard InChI is InChI=1S/C14H16N2OS/c1-9-6-7-18-13(9)8-16-14(17)11-4-3-5-12(15)10(11)2/h3-7H,8,15H2,1-2H3,(H,16,17). The van der Waals surface area contributed by atoms with Gasteiger partial charge >= 0.3 is 0 Å². The number of carbonyl (C=O) groups excluding carboxylic acids is 1. The van der Waals surface area contributed by atoms with E-state index in [4.69, 9.17) is 5.73 Å². The molecule has 4 heteroatoms. The van der Waals surface area contributed by atoms with Gasteiger partial charge in [-0.2, -0.15) is 0 Å². The van der Waals surface area contributed by atoms with E-state index in [0.29, 0.717) is 17.8 Å². The molecule has 0 aliphatic rings. The lowest BCUT2D eigenvalue weighted by atomic mass is 10.1. The number of thiophene rings is 1. The SMILES string of the molecule is Cc1ccsc1CNC(=O)c1cccc(N)c1C. The van der Waals surface area contributed by atoms with E-state index in [1.807, 2.05) is 19.2 Å². The van der Waals surface area contributed by atoms with Crippen molar-refractivity contribution in [2.75, 3.05) is 5.73 Å². The Balaban J connectivity index is 2.09. The zero-order chi connectivity index (χ0) is 13.1. The number of benzene rings is 1. The molecule has 0 atom stereocenters. The first-order valence-corrected chi connectivity index (χ1v) is 6.64. The summed E-state index contributed by atoms with van der Waals surface area (Å²) in [6.45, 7) is 4.47. The summed E-state index contributed by atoms with van der Waals surface area (Å²) in [5, 5.41) is 4.96. The zero-order valence-corrected chi connectivity index (χ0v) is 11.3. The molecule has 1 aromatic heterocycles. The molecule has 0 bridgehead atoms. The first kappa shape index (κ1) is 12.6. The lowest BCUT2D eigenvalue weighted by Gasteiger charge is -2.09. The van der Waals surface area contributed by atoms with Crippen molar-refractivity contribution >= 4 is 22.9 Å². The monoisotopic (exact) mass is 260 g/mol. The Morgan fingerprint density at radius 1 is 1.33 bits per heavy atom. The van der Waals surface area contributed by atoms with E-state index in [0.717, 1.165) is 5.56 Å². The van der Waals surface area contributed by atoms with Crippen LogP contribution in [0.15, 0.2) is 29.6 Å².